The van der Waals surface area contributed by atoms with Gasteiger partial charge in [-0.05, 0) is 31.4 Å². The molecule has 1 unspecified atom stereocenters. The Kier molecular flexibility index (Phi) is 4.83. The summed E-state index contributed by atoms with van der Waals surface area (Å²) < 4.78 is 5.78. The summed E-state index contributed by atoms with van der Waals surface area (Å²) in [5.41, 5.74) is 3.38. The van der Waals surface area contributed by atoms with Crippen LogP contribution in [0.2, 0.25) is 0 Å². The van der Waals surface area contributed by atoms with E-state index < -0.39 is 0 Å². The van der Waals surface area contributed by atoms with Crippen LogP contribution in [-0.2, 0) is 4.74 Å². The largest absolute Gasteiger partial charge is 0.462 e. The maximum absolute atomic E-state index is 5.78. The van der Waals surface area contributed by atoms with Gasteiger partial charge in [0.2, 0.25) is 0 Å². The predicted octanol–water partition coefficient (Wildman–Crippen LogP) is 3.98. The van der Waals surface area contributed by atoms with Crippen molar-refractivity contribution in [2.75, 3.05) is 13.2 Å². The minimum atomic E-state index is 0.240. The summed E-state index contributed by atoms with van der Waals surface area (Å²) in [6, 6.07) is 7.21. The molecule has 20 heavy (non-hydrogen) atoms. The average Bonchev–Trinajstić information content (AvgIpc) is 2.82. The number of benzene rings is 1. The Labute approximate surface area is 122 Å². The third kappa shape index (κ3) is 3.03. The summed E-state index contributed by atoms with van der Waals surface area (Å²) >= 11 is 0. The van der Waals surface area contributed by atoms with Gasteiger partial charge in [-0.25, -0.2) is 0 Å². The molecule has 1 fully saturated rings. The van der Waals surface area contributed by atoms with Gasteiger partial charge in [0.25, 0.3) is 6.02 Å². The fourth-order valence-electron chi connectivity index (χ4n) is 2.43. The lowest BCUT2D eigenvalue weighted by Crippen LogP contribution is -2.33. The van der Waals surface area contributed by atoms with E-state index in [1.807, 2.05) is 6.08 Å². The van der Waals surface area contributed by atoms with Crippen molar-refractivity contribution >= 4 is 11.7 Å². The summed E-state index contributed by atoms with van der Waals surface area (Å²) in [6.45, 7) is 11.9. The zero-order valence-electron chi connectivity index (χ0n) is 12.7. The maximum atomic E-state index is 5.78. The Hall–Kier alpha value is -1.77. The lowest BCUT2D eigenvalue weighted by atomic mass is 10.1. The smallest absolute Gasteiger partial charge is 0.293 e. The summed E-state index contributed by atoms with van der Waals surface area (Å²) in [5.74, 6) is 0. The first-order valence-corrected chi connectivity index (χ1v) is 7.34. The second-order valence-electron chi connectivity index (χ2n) is 5.30. The number of rotatable bonds is 5. The van der Waals surface area contributed by atoms with E-state index >= 15 is 0 Å². The molecule has 3 heteroatoms. The normalized spacial score (nSPS) is 20.2. The summed E-state index contributed by atoms with van der Waals surface area (Å²) in [7, 11) is 0. The Morgan fingerprint density at radius 3 is 2.70 bits per heavy atom. The molecule has 1 aromatic carbocycles. The second-order valence-corrected chi connectivity index (χ2v) is 5.30. The quantitative estimate of drug-likeness (QED) is 0.757. The van der Waals surface area contributed by atoms with Crippen molar-refractivity contribution in [3.05, 3.63) is 42.0 Å². The number of nitrogens with zero attached hydrogens (tertiary/aromatic N) is 2. The Bertz CT molecular complexity index is 487. The molecule has 108 valence electrons. The number of aliphatic imine (C=N–C) groups is 1. The summed E-state index contributed by atoms with van der Waals surface area (Å²) in [6.07, 6.45) is 4.25. The van der Waals surface area contributed by atoms with E-state index in [1.54, 1.807) is 0 Å². The Morgan fingerprint density at radius 2 is 2.10 bits per heavy atom. The van der Waals surface area contributed by atoms with Crippen molar-refractivity contribution in [2.45, 2.75) is 39.7 Å². The van der Waals surface area contributed by atoms with Crippen LogP contribution in [0.15, 0.2) is 35.8 Å². The Balaban J connectivity index is 2.29. The maximum Gasteiger partial charge on any atom is 0.293 e. The molecule has 0 aromatic heterocycles. The fourth-order valence-corrected chi connectivity index (χ4v) is 2.43. The lowest BCUT2D eigenvalue weighted by Gasteiger charge is -2.21. The first-order chi connectivity index (χ1) is 9.67. The van der Waals surface area contributed by atoms with E-state index in [-0.39, 0.29) is 6.04 Å². The Morgan fingerprint density at radius 1 is 1.40 bits per heavy atom. The van der Waals surface area contributed by atoms with Gasteiger partial charge in [0.15, 0.2) is 0 Å². The van der Waals surface area contributed by atoms with Crippen LogP contribution in [0.1, 0.15) is 30.9 Å². The molecule has 0 saturated carbocycles. The minimum Gasteiger partial charge on any atom is -0.462 e. The molecule has 0 N–H and O–H groups in total. The van der Waals surface area contributed by atoms with Crippen molar-refractivity contribution in [3.8, 4) is 0 Å². The number of unbranched alkanes of at least 4 members (excludes halogenated alkanes) is 1. The highest BCUT2D eigenvalue weighted by molar-refractivity contribution is 5.80. The number of para-hydroxylation sites is 1. The third-order valence-corrected chi connectivity index (χ3v) is 3.70. The van der Waals surface area contributed by atoms with Gasteiger partial charge in [0, 0.05) is 6.54 Å². The topological polar surface area (TPSA) is 24.8 Å². The van der Waals surface area contributed by atoms with Gasteiger partial charge < -0.3 is 9.64 Å². The van der Waals surface area contributed by atoms with Gasteiger partial charge in [-0.2, -0.15) is 4.99 Å². The van der Waals surface area contributed by atoms with Crippen LogP contribution in [0.5, 0.6) is 0 Å². The van der Waals surface area contributed by atoms with Gasteiger partial charge in [0.1, 0.15) is 6.61 Å². The van der Waals surface area contributed by atoms with E-state index in [2.05, 4.69) is 50.4 Å². The van der Waals surface area contributed by atoms with Crippen molar-refractivity contribution in [3.63, 3.8) is 0 Å². The summed E-state index contributed by atoms with van der Waals surface area (Å²) in [5, 5.41) is 0. The molecular formula is C17H24N2O. The van der Waals surface area contributed by atoms with Crippen molar-refractivity contribution in [2.24, 2.45) is 4.99 Å². The molecule has 0 radical (unpaired) electrons. The van der Waals surface area contributed by atoms with Crippen LogP contribution in [-0.4, -0.2) is 30.1 Å². The van der Waals surface area contributed by atoms with Crippen molar-refractivity contribution < 1.29 is 4.74 Å². The molecule has 2 rings (SSSR count). The molecule has 0 amide bonds. The van der Waals surface area contributed by atoms with Crippen LogP contribution >= 0.6 is 0 Å². The molecule has 0 aliphatic carbocycles. The SMILES string of the molecule is C=CC1COC(=Nc2c(C)cccc2C)N1CCCC. The van der Waals surface area contributed by atoms with E-state index in [0.29, 0.717) is 6.61 Å². The van der Waals surface area contributed by atoms with Crippen molar-refractivity contribution in [1.29, 1.82) is 0 Å². The van der Waals surface area contributed by atoms with E-state index in [4.69, 9.17) is 9.73 Å². The fraction of sp³-hybridized carbons (Fsp3) is 0.471. The van der Waals surface area contributed by atoms with Crippen LogP contribution in [0.25, 0.3) is 0 Å². The number of hydrogen-bond acceptors (Lipinski definition) is 2. The van der Waals surface area contributed by atoms with Gasteiger partial charge in [-0.3, -0.25) is 0 Å². The monoisotopic (exact) mass is 272 g/mol. The minimum absolute atomic E-state index is 0.240. The highest BCUT2D eigenvalue weighted by atomic mass is 16.5. The van der Waals surface area contributed by atoms with Gasteiger partial charge >= 0.3 is 0 Å². The summed E-state index contributed by atoms with van der Waals surface area (Å²) in [4.78, 5) is 6.99. The molecule has 1 aliphatic rings. The molecule has 0 bridgehead atoms. The standard InChI is InChI=1S/C17H24N2O/c1-5-7-11-19-15(6-2)12-20-17(19)18-16-13(3)9-8-10-14(16)4/h6,8-10,15H,2,5,7,11-12H2,1,3-4H3. The van der Waals surface area contributed by atoms with Crippen LogP contribution < -0.4 is 0 Å². The van der Waals surface area contributed by atoms with E-state index in [9.17, 15) is 0 Å². The molecular weight excluding hydrogens is 248 g/mol. The number of aryl methyl sites for hydroxylation is 2. The molecule has 1 saturated heterocycles. The first-order valence-electron chi connectivity index (χ1n) is 7.34. The van der Waals surface area contributed by atoms with Crippen LogP contribution in [0, 0.1) is 13.8 Å². The molecule has 1 aromatic rings. The zero-order chi connectivity index (χ0) is 14.5. The molecule has 1 atom stereocenters. The van der Waals surface area contributed by atoms with Crippen molar-refractivity contribution in [1.82, 2.24) is 4.90 Å². The molecule has 0 spiro atoms. The second kappa shape index (κ2) is 6.60. The first kappa shape index (κ1) is 14.6. The van der Waals surface area contributed by atoms with E-state index in [1.165, 1.54) is 11.1 Å². The van der Waals surface area contributed by atoms with Gasteiger partial charge in [0.05, 0.1) is 11.7 Å². The van der Waals surface area contributed by atoms with Gasteiger partial charge in [-0.1, -0.05) is 37.6 Å². The zero-order valence-corrected chi connectivity index (χ0v) is 12.7. The molecule has 3 nitrogen and oxygen atoms in total. The van der Waals surface area contributed by atoms with Crippen LogP contribution in [0.3, 0.4) is 0 Å². The van der Waals surface area contributed by atoms with Crippen LogP contribution in [0.4, 0.5) is 5.69 Å². The van der Waals surface area contributed by atoms with E-state index in [0.717, 1.165) is 31.1 Å². The lowest BCUT2D eigenvalue weighted by molar-refractivity contribution is 0.336. The molecule has 1 aliphatic heterocycles. The van der Waals surface area contributed by atoms with Gasteiger partial charge in [-0.15, -0.1) is 6.58 Å². The number of hydrogen-bond donors (Lipinski definition) is 0. The third-order valence-electron chi connectivity index (χ3n) is 3.70. The highest BCUT2D eigenvalue weighted by Gasteiger charge is 2.28. The number of amidine groups is 1. The highest BCUT2D eigenvalue weighted by Crippen LogP contribution is 2.26. The predicted molar refractivity (Wildman–Crippen MR) is 84.6 cm³/mol. The average molecular weight is 272 g/mol. The number of ether oxygens (including phenoxy) is 1. The molecule has 1 heterocycles.